The number of rotatable bonds is 6. The van der Waals surface area contributed by atoms with Gasteiger partial charge in [0.25, 0.3) is 5.91 Å². The number of halogens is 1. The normalized spacial score (nSPS) is 11.0. The number of hydrazine groups is 1. The molecule has 2 aromatic carbocycles. The van der Waals surface area contributed by atoms with Gasteiger partial charge in [0.05, 0.1) is 7.11 Å². The molecule has 2 aromatic rings. The van der Waals surface area contributed by atoms with Crippen LogP contribution in [0.3, 0.4) is 0 Å². The highest BCUT2D eigenvalue weighted by Gasteiger charge is 2.15. The maximum absolute atomic E-state index is 12.4. The number of nitrogens with two attached hydrogens (primary N) is 1. The molecule has 0 spiro atoms. The Morgan fingerprint density at radius 3 is 2.29 bits per heavy atom. The van der Waals surface area contributed by atoms with Gasteiger partial charge in [-0.25, -0.2) is 5.84 Å². The molecule has 5 nitrogen and oxygen atoms in total. The molecule has 0 saturated carbocycles. The highest BCUT2D eigenvalue weighted by Crippen LogP contribution is 2.18. The van der Waals surface area contributed by atoms with E-state index >= 15 is 0 Å². The number of methoxy groups -OCH3 is 1. The number of ether oxygens (including phenoxy) is 1. The molecule has 6 heteroatoms. The first-order valence-electron chi connectivity index (χ1n) is 7.18. The average molecular weight is 345 g/mol. The number of hydrogen-bond donors (Lipinski definition) is 2. The van der Waals surface area contributed by atoms with Gasteiger partial charge >= 0.3 is 0 Å². The Morgan fingerprint density at radius 1 is 1.12 bits per heavy atom. The lowest BCUT2D eigenvalue weighted by molar-refractivity contribution is -0.117. The summed E-state index contributed by atoms with van der Waals surface area (Å²) in [5.74, 6) is 5.17. The van der Waals surface area contributed by atoms with E-state index in [0.29, 0.717) is 16.3 Å². The van der Waals surface area contributed by atoms with Crippen LogP contribution in [0.1, 0.15) is 22.3 Å². The number of ketones is 1. The van der Waals surface area contributed by atoms with Crippen molar-refractivity contribution in [1.29, 1.82) is 0 Å². The Balaban J connectivity index is 2.23. The zero-order valence-corrected chi connectivity index (χ0v) is 13.8. The summed E-state index contributed by atoms with van der Waals surface area (Å²) < 4.78 is 5.06. The smallest absolute Gasteiger partial charge is 0.261 e. The van der Waals surface area contributed by atoms with Gasteiger partial charge in [-0.1, -0.05) is 23.7 Å². The lowest BCUT2D eigenvalue weighted by Crippen LogP contribution is -2.32. The molecule has 0 heterocycles. The summed E-state index contributed by atoms with van der Waals surface area (Å²) in [6.07, 6.45) is 1.54. The molecule has 0 radical (unpaired) electrons. The van der Waals surface area contributed by atoms with Crippen LogP contribution in [0.25, 0.3) is 6.08 Å². The summed E-state index contributed by atoms with van der Waals surface area (Å²) in [5.41, 5.74) is 3.57. The van der Waals surface area contributed by atoms with Gasteiger partial charge in [0.1, 0.15) is 5.75 Å². The molecule has 1 amide bonds. The van der Waals surface area contributed by atoms with E-state index in [1.54, 1.807) is 61.7 Å². The van der Waals surface area contributed by atoms with Crippen LogP contribution in [0, 0.1) is 0 Å². The molecule has 0 atom stereocenters. The summed E-state index contributed by atoms with van der Waals surface area (Å²) in [7, 11) is 1.55. The molecule has 3 N–H and O–H groups in total. The average Bonchev–Trinajstić information content (AvgIpc) is 2.62. The van der Waals surface area contributed by atoms with E-state index in [4.69, 9.17) is 22.2 Å². The summed E-state index contributed by atoms with van der Waals surface area (Å²) in [6.45, 7) is 0. The molecule has 124 valence electrons. The minimum atomic E-state index is -0.508. The lowest BCUT2D eigenvalue weighted by atomic mass is 10.0. The molecule has 24 heavy (non-hydrogen) atoms. The lowest BCUT2D eigenvalue weighted by Gasteiger charge is -2.07. The molecule has 2 rings (SSSR count). The van der Waals surface area contributed by atoms with Crippen molar-refractivity contribution in [3.63, 3.8) is 0 Å². The van der Waals surface area contributed by atoms with Gasteiger partial charge in [0.2, 0.25) is 0 Å². The standard InChI is InChI=1S/C18H17ClN2O3/c1-24-16-8-4-13(5-9-16)17(22)11-14(18(23)21-20)10-12-2-6-15(19)7-3-12/h2-10H,11,20H2,1H3,(H,21,23)/b14-10+. The Bertz CT molecular complexity index is 753. The summed E-state index contributed by atoms with van der Waals surface area (Å²) in [4.78, 5) is 24.3. The van der Waals surface area contributed by atoms with Crippen molar-refractivity contribution in [2.24, 2.45) is 5.84 Å². The van der Waals surface area contributed by atoms with Crippen LogP contribution < -0.4 is 16.0 Å². The van der Waals surface area contributed by atoms with Crippen molar-refractivity contribution in [3.05, 3.63) is 70.3 Å². The topological polar surface area (TPSA) is 81.4 Å². The quantitative estimate of drug-likeness (QED) is 0.277. The molecular weight excluding hydrogens is 328 g/mol. The molecule has 0 aliphatic carbocycles. The fourth-order valence-electron chi connectivity index (χ4n) is 2.10. The predicted molar refractivity (Wildman–Crippen MR) is 93.7 cm³/mol. The maximum atomic E-state index is 12.4. The van der Waals surface area contributed by atoms with Crippen molar-refractivity contribution in [1.82, 2.24) is 5.43 Å². The van der Waals surface area contributed by atoms with Crippen molar-refractivity contribution in [2.75, 3.05) is 7.11 Å². The molecule has 0 bridgehead atoms. The largest absolute Gasteiger partial charge is 0.497 e. The fourth-order valence-corrected chi connectivity index (χ4v) is 2.23. The summed E-state index contributed by atoms with van der Waals surface area (Å²) in [5, 5.41) is 0.589. The molecule has 0 saturated heterocycles. The third-order valence-electron chi connectivity index (χ3n) is 3.40. The zero-order valence-electron chi connectivity index (χ0n) is 13.1. The van der Waals surface area contributed by atoms with Crippen LogP contribution in [-0.2, 0) is 4.79 Å². The fraction of sp³-hybridized carbons (Fsp3) is 0.111. The first-order valence-corrected chi connectivity index (χ1v) is 7.55. The van der Waals surface area contributed by atoms with E-state index in [1.165, 1.54) is 0 Å². The second-order valence-electron chi connectivity index (χ2n) is 5.02. The van der Waals surface area contributed by atoms with Crippen molar-refractivity contribution < 1.29 is 14.3 Å². The Labute approximate surface area is 145 Å². The number of carbonyl (C=O) groups is 2. The number of carbonyl (C=O) groups excluding carboxylic acids is 2. The third-order valence-corrected chi connectivity index (χ3v) is 3.65. The van der Waals surface area contributed by atoms with Gasteiger partial charge in [-0.15, -0.1) is 0 Å². The molecular formula is C18H17ClN2O3. The van der Waals surface area contributed by atoms with Gasteiger partial charge in [-0.05, 0) is 48.0 Å². The second kappa shape index (κ2) is 8.29. The number of nitrogens with one attached hydrogen (secondary N) is 1. The van der Waals surface area contributed by atoms with Crippen LogP contribution in [0.5, 0.6) is 5.75 Å². The highest BCUT2D eigenvalue weighted by molar-refractivity contribution is 6.30. The highest BCUT2D eigenvalue weighted by atomic mass is 35.5. The van der Waals surface area contributed by atoms with Gasteiger partial charge in [0, 0.05) is 22.6 Å². The van der Waals surface area contributed by atoms with Gasteiger partial charge in [0.15, 0.2) is 5.78 Å². The van der Waals surface area contributed by atoms with E-state index < -0.39 is 5.91 Å². The van der Waals surface area contributed by atoms with E-state index in [-0.39, 0.29) is 17.8 Å². The first kappa shape index (κ1) is 17.7. The molecule has 0 aromatic heterocycles. The van der Waals surface area contributed by atoms with Gasteiger partial charge < -0.3 is 4.74 Å². The molecule has 0 fully saturated rings. The van der Waals surface area contributed by atoms with Gasteiger partial charge in [-0.2, -0.15) is 0 Å². The van der Waals surface area contributed by atoms with E-state index in [0.717, 1.165) is 5.56 Å². The minimum absolute atomic E-state index is 0.0714. The zero-order chi connectivity index (χ0) is 17.5. The second-order valence-corrected chi connectivity index (χ2v) is 5.46. The third kappa shape index (κ3) is 4.68. The maximum Gasteiger partial charge on any atom is 0.261 e. The SMILES string of the molecule is COc1ccc(C(=O)C/C(=C\c2ccc(Cl)cc2)C(=O)NN)cc1. The molecule has 0 aliphatic heterocycles. The van der Waals surface area contributed by atoms with Crippen LogP contribution in [0.4, 0.5) is 0 Å². The van der Waals surface area contributed by atoms with E-state index in [9.17, 15) is 9.59 Å². The van der Waals surface area contributed by atoms with E-state index in [2.05, 4.69) is 5.43 Å². The molecule has 0 unspecified atom stereocenters. The van der Waals surface area contributed by atoms with Gasteiger partial charge in [-0.3, -0.25) is 15.0 Å². The number of hydrogen-bond acceptors (Lipinski definition) is 4. The van der Waals surface area contributed by atoms with Crippen molar-refractivity contribution in [2.45, 2.75) is 6.42 Å². The Kier molecular flexibility index (Phi) is 6.12. The van der Waals surface area contributed by atoms with E-state index in [1.807, 2.05) is 0 Å². The predicted octanol–water partition coefficient (Wildman–Crippen LogP) is 2.99. The van der Waals surface area contributed by atoms with Crippen molar-refractivity contribution in [3.8, 4) is 5.75 Å². The van der Waals surface area contributed by atoms with Crippen LogP contribution in [0.15, 0.2) is 54.1 Å². The van der Waals surface area contributed by atoms with Crippen LogP contribution >= 0.6 is 11.6 Å². The van der Waals surface area contributed by atoms with Crippen LogP contribution in [0.2, 0.25) is 5.02 Å². The monoisotopic (exact) mass is 344 g/mol. The number of amides is 1. The summed E-state index contributed by atoms with van der Waals surface area (Å²) >= 11 is 5.84. The number of Topliss-reactive ketones (excluding diaryl/α,β-unsaturated/α-hetero) is 1. The Morgan fingerprint density at radius 2 is 1.75 bits per heavy atom. The number of benzene rings is 2. The first-order chi connectivity index (χ1) is 11.5. The molecule has 0 aliphatic rings. The Hall–Kier alpha value is -2.63. The minimum Gasteiger partial charge on any atom is -0.497 e. The van der Waals surface area contributed by atoms with Crippen LogP contribution in [-0.4, -0.2) is 18.8 Å². The van der Waals surface area contributed by atoms with Crippen molar-refractivity contribution >= 4 is 29.4 Å². The summed E-state index contributed by atoms with van der Waals surface area (Å²) in [6, 6.07) is 13.6.